The minimum Gasteiger partial charge on any atom is -0.326 e. The molecular formula is C27H22F2N4O2S. The molecule has 5 rings (SSSR count). The van der Waals surface area contributed by atoms with Gasteiger partial charge in [0.2, 0.25) is 5.91 Å². The van der Waals surface area contributed by atoms with Crippen molar-refractivity contribution < 1.29 is 18.4 Å². The first-order valence-corrected chi connectivity index (χ1v) is 12.3. The van der Waals surface area contributed by atoms with E-state index in [1.165, 1.54) is 30.0 Å². The van der Waals surface area contributed by atoms with Crippen LogP contribution in [0.3, 0.4) is 0 Å². The molecule has 0 aromatic heterocycles. The van der Waals surface area contributed by atoms with Gasteiger partial charge in [-0.3, -0.25) is 9.59 Å². The number of anilines is 1. The molecule has 6 nitrogen and oxygen atoms in total. The molecule has 2 heterocycles. The van der Waals surface area contributed by atoms with Crippen LogP contribution in [0.4, 0.5) is 14.5 Å². The van der Waals surface area contributed by atoms with Crippen LogP contribution in [0.1, 0.15) is 35.6 Å². The molecule has 36 heavy (non-hydrogen) atoms. The lowest BCUT2D eigenvalue weighted by molar-refractivity contribution is -0.121. The predicted octanol–water partition coefficient (Wildman–Crippen LogP) is 5.45. The molecule has 0 unspecified atom stereocenters. The summed E-state index contributed by atoms with van der Waals surface area (Å²) in [5.41, 5.74) is 3.41. The maximum absolute atomic E-state index is 13.8. The lowest BCUT2D eigenvalue weighted by atomic mass is 9.99. The Balaban J connectivity index is 1.33. The van der Waals surface area contributed by atoms with E-state index in [2.05, 4.69) is 10.3 Å². The number of hydrogen-bond acceptors (Lipinski definition) is 5. The van der Waals surface area contributed by atoms with Crippen molar-refractivity contribution in [1.82, 2.24) is 5.01 Å². The molecule has 182 valence electrons. The third-order valence-electron chi connectivity index (χ3n) is 6.02. The molecule has 2 atom stereocenters. The summed E-state index contributed by atoms with van der Waals surface area (Å²) in [6, 6.07) is 20.0. The second-order valence-corrected chi connectivity index (χ2v) is 9.75. The van der Waals surface area contributed by atoms with Crippen LogP contribution in [0.5, 0.6) is 0 Å². The van der Waals surface area contributed by atoms with E-state index in [1.54, 1.807) is 36.2 Å². The molecule has 2 aliphatic heterocycles. The topological polar surface area (TPSA) is 74.1 Å². The van der Waals surface area contributed by atoms with Crippen LogP contribution in [-0.4, -0.2) is 33.0 Å². The maximum Gasteiger partial charge on any atom is 0.262 e. The van der Waals surface area contributed by atoms with Gasteiger partial charge in [0, 0.05) is 18.5 Å². The average molecular weight is 505 g/mol. The van der Waals surface area contributed by atoms with Gasteiger partial charge in [-0.2, -0.15) is 10.1 Å². The zero-order valence-corrected chi connectivity index (χ0v) is 20.1. The van der Waals surface area contributed by atoms with E-state index in [0.717, 1.165) is 16.8 Å². The normalized spacial score (nSPS) is 19.3. The fraction of sp³-hybridized carbons (Fsp3) is 0.185. The van der Waals surface area contributed by atoms with Crippen LogP contribution in [0, 0.1) is 18.6 Å². The van der Waals surface area contributed by atoms with Crippen molar-refractivity contribution in [3.05, 3.63) is 101 Å². The highest BCUT2D eigenvalue weighted by Crippen LogP contribution is 2.38. The van der Waals surface area contributed by atoms with Crippen LogP contribution in [0.2, 0.25) is 0 Å². The Morgan fingerprint density at radius 2 is 1.83 bits per heavy atom. The Hall–Kier alpha value is -3.85. The van der Waals surface area contributed by atoms with Crippen molar-refractivity contribution in [1.29, 1.82) is 0 Å². The Kier molecular flexibility index (Phi) is 6.65. The number of amidine groups is 1. The Morgan fingerprint density at radius 3 is 2.56 bits per heavy atom. The van der Waals surface area contributed by atoms with E-state index in [-0.39, 0.29) is 18.3 Å². The molecule has 2 aliphatic rings. The maximum atomic E-state index is 13.8. The van der Waals surface area contributed by atoms with Crippen molar-refractivity contribution >= 4 is 40.1 Å². The molecule has 0 fully saturated rings. The first kappa shape index (κ1) is 23.9. The molecule has 0 saturated carbocycles. The monoisotopic (exact) mass is 504 g/mol. The van der Waals surface area contributed by atoms with Gasteiger partial charge in [-0.1, -0.05) is 60.3 Å². The van der Waals surface area contributed by atoms with Crippen molar-refractivity contribution in [3.8, 4) is 0 Å². The number of thioether (sulfide) groups is 1. The zero-order chi connectivity index (χ0) is 25.2. The molecule has 3 aromatic carbocycles. The molecule has 9 heteroatoms. The minimum atomic E-state index is -0.722. The van der Waals surface area contributed by atoms with Crippen molar-refractivity contribution in [2.45, 2.75) is 31.1 Å². The number of benzene rings is 3. The number of rotatable bonds is 5. The van der Waals surface area contributed by atoms with Gasteiger partial charge in [-0.15, -0.1) is 0 Å². The summed E-state index contributed by atoms with van der Waals surface area (Å²) in [5.74, 6) is -1.60. The molecule has 0 bridgehead atoms. The smallest absolute Gasteiger partial charge is 0.262 e. The van der Waals surface area contributed by atoms with Crippen molar-refractivity contribution in [2.24, 2.45) is 10.1 Å². The van der Waals surface area contributed by atoms with Gasteiger partial charge in [0.1, 0.15) is 16.9 Å². The summed E-state index contributed by atoms with van der Waals surface area (Å²) in [7, 11) is 0. The number of carbonyl (C=O) groups excluding carboxylic acids is 2. The summed E-state index contributed by atoms with van der Waals surface area (Å²) in [5, 5.41) is 8.75. The lowest BCUT2D eigenvalue weighted by Gasteiger charge is -2.23. The summed E-state index contributed by atoms with van der Waals surface area (Å²) in [4.78, 5) is 29.5. The quantitative estimate of drug-likeness (QED) is 0.501. The second-order valence-electron chi connectivity index (χ2n) is 8.58. The van der Waals surface area contributed by atoms with E-state index in [1.807, 2.05) is 30.3 Å². The van der Waals surface area contributed by atoms with Crippen LogP contribution >= 0.6 is 11.8 Å². The van der Waals surface area contributed by atoms with Crippen LogP contribution in [0.25, 0.3) is 0 Å². The molecular weight excluding hydrogens is 482 g/mol. The SMILES string of the molecule is Cc1ccc(NC(=O)C[C@@H]2SC(N3N=C(c4ccccc4)C[C@H]3c3ccc(F)cc3)=NC2=O)cc1F. The number of nitrogens with one attached hydrogen (secondary N) is 1. The Morgan fingerprint density at radius 1 is 1.08 bits per heavy atom. The van der Waals surface area contributed by atoms with Crippen molar-refractivity contribution in [2.75, 3.05) is 5.32 Å². The fourth-order valence-electron chi connectivity index (χ4n) is 4.09. The van der Waals surface area contributed by atoms with Crippen LogP contribution in [0.15, 0.2) is 82.9 Å². The van der Waals surface area contributed by atoms with Gasteiger partial charge in [0.15, 0.2) is 5.17 Å². The number of halogens is 2. The van der Waals surface area contributed by atoms with E-state index in [0.29, 0.717) is 22.8 Å². The number of aliphatic imine (C=N–C) groups is 1. The number of carbonyl (C=O) groups is 2. The van der Waals surface area contributed by atoms with Gasteiger partial charge < -0.3 is 5.32 Å². The third-order valence-corrected chi connectivity index (χ3v) is 7.17. The highest BCUT2D eigenvalue weighted by atomic mass is 32.2. The predicted molar refractivity (Wildman–Crippen MR) is 137 cm³/mol. The fourth-order valence-corrected chi connectivity index (χ4v) is 5.15. The average Bonchev–Trinajstić information content (AvgIpc) is 3.46. The largest absolute Gasteiger partial charge is 0.326 e. The van der Waals surface area contributed by atoms with E-state index in [9.17, 15) is 18.4 Å². The molecule has 2 amide bonds. The number of amides is 2. The summed E-state index contributed by atoms with van der Waals surface area (Å²) in [6.45, 7) is 1.64. The van der Waals surface area contributed by atoms with Gasteiger partial charge in [0.05, 0.1) is 11.8 Å². The summed E-state index contributed by atoms with van der Waals surface area (Å²) < 4.78 is 27.4. The van der Waals surface area contributed by atoms with E-state index < -0.39 is 22.9 Å². The number of aryl methyl sites for hydroxylation is 1. The zero-order valence-electron chi connectivity index (χ0n) is 19.3. The minimum absolute atomic E-state index is 0.115. The highest BCUT2D eigenvalue weighted by Gasteiger charge is 2.39. The van der Waals surface area contributed by atoms with Gasteiger partial charge in [-0.25, -0.2) is 13.8 Å². The number of nitrogens with zero attached hydrogens (tertiary/aromatic N) is 3. The Bertz CT molecular complexity index is 1380. The lowest BCUT2D eigenvalue weighted by Crippen LogP contribution is -2.25. The second kappa shape index (κ2) is 10.0. The third kappa shape index (κ3) is 5.06. The molecule has 0 aliphatic carbocycles. The van der Waals surface area contributed by atoms with E-state index in [4.69, 9.17) is 5.10 Å². The number of hydrazone groups is 1. The molecule has 3 aromatic rings. The highest BCUT2D eigenvalue weighted by molar-refractivity contribution is 8.15. The van der Waals surface area contributed by atoms with Crippen molar-refractivity contribution in [3.63, 3.8) is 0 Å². The summed E-state index contributed by atoms with van der Waals surface area (Å²) in [6.07, 6.45) is 0.434. The summed E-state index contributed by atoms with van der Waals surface area (Å²) >= 11 is 1.17. The number of hydrogen-bond donors (Lipinski definition) is 1. The first-order chi connectivity index (χ1) is 17.4. The molecule has 0 radical (unpaired) electrons. The van der Waals surface area contributed by atoms with Crippen LogP contribution in [-0.2, 0) is 9.59 Å². The Labute approximate surface area is 211 Å². The van der Waals surface area contributed by atoms with Gasteiger partial charge in [0.25, 0.3) is 5.91 Å². The first-order valence-electron chi connectivity index (χ1n) is 11.4. The van der Waals surface area contributed by atoms with Crippen LogP contribution < -0.4 is 5.32 Å². The van der Waals surface area contributed by atoms with Gasteiger partial charge in [-0.05, 0) is 47.9 Å². The van der Waals surface area contributed by atoms with Gasteiger partial charge >= 0.3 is 0 Å². The molecule has 0 saturated heterocycles. The van der Waals surface area contributed by atoms with E-state index >= 15 is 0 Å². The molecule has 0 spiro atoms. The standard InChI is InChI=1S/C27H22F2N4O2S/c1-16-7-12-20(13-21(16)29)30-25(34)15-24-26(35)31-27(36-24)33-23(18-8-10-19(28)11-9-18)14-22(32-33)17-5-3-2-4-6-17/h2-13,23-24H,14-15H2,1H3,(H,30,34)/t23-,24-/m0/s1. The molecule has 1 N–H and O–H groups in total.